The Hall–Kier alpha value is -0.860. The summed E-state index contributed by atoms with van der Waals surface area (Å²) in [6, 6.07) is 7.25. The van der Waals surface area contributed by atoms with Gasteiger partial charge >= 0.3 is 0 Å². The van der Waals surface area contributed by atoms with Crippen molar-refractivity contribution in [3.05, 3.63) is 34.9 Å². The van der Waals surface area contributed by atoms with Crippen LogP contribution >= 0.6 is 0 Å². The van der Waals surface area contributed by atoms with Gasteiger partial charge in [0.25, 0.3) is 0 Å². The molecule has 1 saturated heterocycles. The van der Waals surface area contributed by atoms with Crippen LogP contribution in [0.3, 0.4) is 0 Å². The van der Waals surface area contributed by atoms with Crippen molar-refractivity contribution >= 4 is 0 Å². The molecular weight excluding hydrogens is 198 g/mol. The highest BCUT2D eigenvalue weighted by molar-refractivity contribution is 5.32. The zero-order valence-corrected chi connectivity index (χ0v) is 10.5. The quantitative estimate of drug-likeness (QED) is 0.758. The van der Waals surface area contributed by atoms with Gasteiger partial charge in [0.15, 0.2) is 0 Å². The van der Waals surface area contributed by atoms with Crippen LogP contribution in [0.4, 0.5) is 0 Å². The van der Waals surface area contributed by atoms with E-state index in [0.717, 1.165) is 26.3 Å². The Kier molecular flexibility index (Phi) is 3.62. The molecule has 1 unspecified atom stereocenters. The van der Waals surface area contributed by atoms with Gasteiger partial charge < -0.3 is 4.74 Å². The SMILES string of the molecule is Cc1ccc(C(C)N2CCOCC2)c(C)c1. The van der Waals surface area contributed by atoms with Crippen molar-refractivity contribution in [2.24, 2.45) is 0 Å². The first-order chi connectivity index (χ1) is 7.68. The Balaban J connectivity index is 2.15. The molecule has 1 fully saturated rings. The fraction of sp³-hybridized carbons (Fsp3) is 0.571. The second-order valence-electron chi connectivity index (χ2n) is 4.68. The first kappa shape index (κ1) is 11.6. The van der Waals surface area contributed by atoms with Crippen LogP contribution in [-0.2, 0) is 4.74 Å². The van der Waals surface area contributed by atoms with Crippen molar-refractivity contribution in [1.82, 2.24) is 4.90 Å². The minimum Gasteiger partial charge on any atom is -0.379 e. The second-order valence-corrected chi connectivity index (χ2v) is 4.68. The van der Waals surface area contributed by atoms with E-state index in [-0.39, 0.29) is 0 Å². The Bertz CT molecular complexity index is 356. The van der Waals surface area contributed by atoms with Gasteiger partial charge in [0.05, 0.1) is 13.2 Å². The van der Waals surface area contributed by atoms with E-state index in [1.165, 1.54) is 16.7 Å². The molecule has 0 bridgehead atoms. The number of morpholine rings is 1. The zero-order valence-electron chi connectivity index (χ0n) is 10.5. The highest BCUT2D eigenvalue weighted by atomic mass is 16.5. The van der Waals surface area contributed by atoms with E-state index in [9.17, 15) is 0 Å². The molecule has 1 atom stereocenters. The molecule has 0 spiro atoms. The first-order valence-corrected chi connectivity index (χ1v) is 6.07. The van der Waals surface area contributed by atoms with Gasteiger partial charge in [0, 0.05) is 19.1 Å². The van der Waals surface area contributed by atoms with Crippen molar-refractivity contribution in [2.45, 2.75) is 26.8 Å². The molecule has 0 radical (unpaired) electrons. The number of hydrogen-bond donors (Lipinski definition) is 0. The molecule has 0 aliphatic carbocycles. The number of benzene rings is 1. The number of ether oxygens (including phenoxy) is 1. The molecule has 0 amide bonds. The van der Waals surface area contributed by atoms with Crippen LogP contribution in [0.1, 0.15) is 29.7 Å². The van der Waals surface area contributed by atoms with E-state index < -0.39 is 0 Å². The Labute approximate surface area is 98.2 Å². The average Bonchev–Trinajstić information content (AvgIpc) is 2.29. The summed E-state index contributed by atoms with van der Waals surface area (Å²) in [5.74, 6) is 0. The van der Waals surface area contributed by atoms with Gasteiger partial charge in [-0.25, -0.2) is 0 Å². The van der Waals surface area contributed by atoms with E-state index in [2.05, 4.69) is 43.9 Å². The van der Waals surface area contributed by atoms with Gasteiger partial charge in [-0.3, -0.25) is 4.90 Å². The van der Waals surface area contributed by atoms with Gasteiger partial charge in [0.1, 0.15) is 0 Å². The van der Waals surface area contributed by atoms with Crippen LogP contribution in [0, 0.1) is 13.8 Å². The molecule has 2 nitrogen and oxygen atoms in total. The van der Waals surface area contributed by atoms with Crippen molar-refractivity contribution in [3.63, 3.8) is 0 Å². The molecule has 0 aromatic heterocycles. The van der Waals surface area contributed by atoms with Crippen LogP contribution in [-0.4, -0.2) is 31.2 Å². The second kappa shape index (κ2) is 4.98. The fourth-order valence-corrected chi connectivity index (χ4v) is 2.46. The van der Waals surface area contributed by atoms with Crippen LogP contribution in [0.5, 0.6) is 0 Å². The minimum atomic E-state index is 0.504. The summed E-state index contributed by atoms with van der Waals surface area (Å²) in [6.07, 6.45) is 0. The average molecular weight is 219 g/mol. The summed E-state index contributed by atoms with van der Waals surface area (Å²) in [5, 5.41) is 0. The van der Waals surface area contributed by atoms with Crippen molar-refractivity contribution < 1.29 is 4.74 Å². The lowest BCUT2D eigenvalue weighted by Crippen LogP contribution is -2.38. The summed E-state index contributed by atoms with van der Waals surface area (Å²) in [5.41, 5.74) is 4.20. The maximum absolute atomic E-state index is 5.39. The third-order valence-electron chi connectivity index (χ3n) is 3.47. The summed E-state index contributed by atoms with van der Waals surface area (Å²) in [4.78, 5) is 2.50. The first-order valence-electron chi connectivity index (χ1n) is 6.07. The Morgan fingerprint density at radius 2 is 1.88 bits per heavy atom. The number of nitrogens with zero attached hydrogens (tertiary/aromatic N) is 1. The molecule has 88 valence electrons. The third-order valence-corrected chi connectivity index (χ3v) is 3.47. The molecule has 1 aliphatic rings. The molecule has 1 heterocycles. The molecule has 0 N–H and O–H groups in total. The predicted octanol–water partition coefficient (Wildman–Crippen LogP) is 2.70. The fourth-order valence-electron chi connectivity index (χ4n) is 2.46. The molecule has 1 aromatic rings. The lowest BCUT2D eigenvalue weighted by molar-refractivity contribution is 0.0197. The monoisotopic (exact) mass is 219 g/mol. The van der Waals surface area contributed by atoms with E-state index >= 15 is 0 Å². The summed E-state index contributed by atoms with van der Waals surface area (Å²) in [6.45, 7) is 10.5. The van der Waals surface area contributed by atoms with Gasteiger partial charge in [-0.05, 0) is 31.9 Å². The van der Waals surface area contributed by atoms with Gasteiger partial charge in [0.2, 0.25) is 0 Å². The van der Waals surface area contributed by atoms with Gasteiger partial charge in [-0.1, -0.05) is 23.8 Å². The molecule has 1 aliphatic heterocycles. The summed E-state index contributed by atoms with van der Waals surface area (Å²) in [7, 11) is 0. The number of rotatable bonds is 2. The number of aryl methyl sites for hydroxylation is 2. The minimum absolute atomic E-state index is 0.504. The van der Waals surface area contributed by atoms with E-state index in [4.69, 9.17) is 4.74 Å². The molecule has 2 rings (SSSR count). The van der Waals surface area contributed by atoms with E-state index in [0.29, 0.717) is 6.04 Å². The van der Waals surface area contributed by atoms with Crippen LogP contribution in [0.15, 0.2) is 18.2 Å². The molecular formula is C14H21NO. The van der Waals surface area contributed by atoms with Gasteiger partial charge in [-0.2, -0.15) is 0 Å². The Morgan fingerprint density at radius 1 is 1.19 bits per heavy atom. The van der Waals surface area contributed by atoms with Crippen molar-refractivity contribution in [1.29, 1.82) is 0 Å². The maximum atomic E-state index is 5.39. The summed E-state index contributed by atoms with van der Waals surface area (Å²) < 4.78 is 5.39. The largest absolute Gasteiger partial charge is 0.379 e. The van der Waals surface area contributed by atoms with E-state index in [1.54, 1.807) is 0 Å². The number of hydrogen-bond acceptors (Lipinski definition) is 2. The molecule has 2 heteroatoms. The van der Waals surface area contributed by atoms with Gasteiger partial charge in [-0.15, -0.1) is 0 Å². The topological polar surface area (TPSA) is 12.5 Å². The normalized spacial score (nSPS) is 19.7. The van der Waals surface area contributed by atoms with E-state index in [1.807, 2.05) is 0 Å². The lowest BCUT2D eigenvalue weighted by atomic mass is 9.99. The van der Waals surface area contributed by atoms with Crippen molar-refractivity contribution in [2.75, 3.05) is 26.3 Å². The zero-order chi connectivity index (χ0) is 11.5. The maximum Gasteiger partial charge on any atom is 0.0594 e. The predicted molar refractivity (Wildman–Crippen MR) is 66.7 cm³/mol. The molecule has 16 heavy (non-hydrogen) atoms. The molecule has 1 aromatic carbocycles. The van der Waals surface area contributed by atoms with Crippen molar-refractivity contribution in [3.8, 4) is 0 Å². The highest BCUT2D eigenvalue weighted by Gasteiger charge is 2.19. The standard InChI is InChI=1S/C14H21NO/c1-11-4-5-14(12(2)10-11)13(3)15-6-8-16-9-7-15/h4-5,10,13H,6-9H2,1-3H3. The molecule has 0 saturated carbocycles. The Morgan fingerprint density at radius 3 is 2.50 bits per heavy atom. The smallest absolute Gasteiger partial charge is 0.0594 e. The summed E-state index contributed by atoms with van der Waals surface area (Å²) >= 11 is 0. The third kappa shape index (κ3) is 2.45. The lowest BCUT2D eigenvalue weighted by Gasteiger charge is -2.33. The van der Waals surface area contributed by atoms with Crippen LogP contribution < -0.4 is 0 Å². The van der Waals surface area contributed by atoms with Crippen LogP contribution in [0.25, 0.3) is 0 Å². The highest BCUT2D eigenvalue weighted by Crippen LogP contribution is 2.24. The van der Waals surface area contributed by atoms with Crippen LogP contribution in [0.2, 0.25) is 0 Å².